The van der Waals surface area contributed by atoms with Gasteiger partial charge in [0, 0.05) is 29.5 Å². The summed E-state index contributed by atoms with van der Waals surface area (Å²) in [7, 11) is 0. The SMILES string of the molecule is S=CCC=NC(c1ccncc1)c1cccc(Br)c1. The molecule has 0 aliphatic rings. The zero-order valence-corrected chi connectivity index (χ0v) is 12.6. The predicted molar refractivity (Wildman–Crippen MR) is 87.0 cm³/mol. The number of rotatable bonds is 5. The van der Waals surface area contributed by atoms with Crippen molar-refractivity contribution in [2.75, 3.05) is 0 Å². The summed E-state index contributed by atoms with van der Waals surface area (Å²) in [6, 6.07) is 12.1. The van der Waals surface area contributed by atoms with Gasteiger partial charge in [0.1, 0.15) is 0 Å². The molecule has 0 spiro atoms. The summed E-state index contributed by atoms with van der Waals surface area (Å²) in [5.74, 6) is 0. The van der Waals surface area contributed by atoms with Gasteiger partial charge in [0.15, 0.2) is 0 Å². The van der Waals surface area contributed by atoms with E-state index in [1.807, 2.05) is 30.5 Å². The first kappa shape index (κ1) is 14.0. The molecule has 0 amide bonds. The number of hydrogen-bond donors (Lipinski definition) is 0. The molecule has 0 radical (unpaired) electrons. The molecule has 0 N–H and O–H groups in total. The zero-order valence-electron chi connectivity index (χ0n) is 10.2. The molecule has 2 rings (SSSR count). The molecule has 0 fully saturated rings. The average Bonchev–Trinajstić information content (AvgIpc) is 2.45. The standard InChI is InChI=1S/C15H13BrN2S/c16-14-4-1-3-13(11-14)15(18-7-2-10-19)12-5-8-17-9-6-12/h1,3-11,15H,2H2. The van der Waals surface area contributed by atoms with Gasteiger partial charge in [0.25, 0.3) is 0 Å². The first-order valence-corrected chi connectivity index (χ1v) is 7.18. The number of benzene rings is 1. The minimum Gasteiger partial charge on any atom is -0.284 e. The van der Waals surface area contributed by atoms with E-state index in [1.165, 1.54) is 0 Å². The molecule has 0 aliphatic heterocycles. The van der Waals surface area contributed by atoms with Gasteiger partial charge in [0.05, 0.1) is 6.04 Å². The van der Waals surface area contributed by atoms with Crippen LogP contribution >= 0.6 is 28.1 Å². The van der Waals surface area contributed by atoms with E-state index in [-0.39, 0.29) is 6.04 Å². The van der Waals surface area contributed by atoms with Crippen molar-refractivity contribution in [3.63, 3.8) is 0 Å². The maximum atomic E-state index is 4.82. The summed E-state index contributed by atoms with van der Waals surface area (Å²) in [4.78, 5) is 8.68. The van der Waals surface area contributed by atoms with Crippen LogP contribution in [-0.4, -0.2) is 16.6 Å². The highest BCUT2D eigenvalue weighted by atomic mass is 79.9. The fourth-order valence-corrected chi connectivity index (χ4v) is 2.30. The molecule has 2 nitrogen and oxygen atoms in total. The molecular weight excluding hydrogens is 320 g/mol. The molecule has 1 aromatic carbocycles. The highest BCUT2D eigenvalue weighted by Crippen LogP contribution is 2.27. The Bertz CT molecular complexity index is 569. The van der Waals surface area contributed by atoms with Crippen LogP contribution in [0.15, 0.2) is 58.3 Å². The molecule has 0 saturated heterocycles. The number of halogens is 1. The largest absolute Gasteiger partial charge is 0.284 e. The fourth-order valence-electron chi connectivity index (χ4n) is 1.80. The summed E-state index contributed by atoms with van der Waals surface area (Å²) in [6.45, 7) is 0. The maximum absolute atomic E-state index is 4.82. The van der Waals surface area contributed by atoms with Crippen molar-refractivity contribution in [2.45, 2.75) is 12.5 Å². The van der Waals surface area contributed by atoms with Crippen molar-refractivity contribution in [2.24, 2.45) is 4.99 Å². The van der Waals surface area contributed by atoms with E-state index in [0.717, 1.165) is 15.6 Å². The van der Waals surface area contributed by atoms with Crippen LogP contribution in [0.1, 0.15) is 23.6 Å². The second kappa shape index (κ2) is 7.26. The Morgan fingerprint density at radius 1 is 1.21 bits per heavy atom. The van der Waals surface area contributed by atoms with Gasteiger partial charge >= 0.3 is 0 Å². The summed E-state index contributed by atoms with van der Waals surface area (Å²) in [6.07, 6.45) is 6.13. The molecule has 1 aromatic heterocycles. The van der Waals surface area contributed by atoms with Crippen LogP contribution in [0.25, 0.3) is 0 Å². The lowest BCUT2D eigenvalue weighted by Crippen LogP contribution is -1.99. The third-order valence-electron chi connectivity index (χ3n) is 2.64. The lowest BCUT2D eigenvalue weighted by atomic mass is 10.0. The Balaban J connectivity index is 2.37. The molecule has 96 valence electrons. The molecule has 2 aromatic rings. The Morgan fingerprint density at radius 3 is 2.68 bits per heavy atom. The van der Waals surface area contributed by atoms with E-state index in [0.29, 0.717) is 6.42 Å². The molecule has 0 saturated carbocycles. The number of thiocarbonyl (C=S) groups is 1. The quantitative estimate of drug-likeness (QED) is 0.599. The van der Waals surface area contributed by atoms with Gasteiger partial charge in [-0.1, -0.05) is 40.3 Å². The second-order valence-corrected chi connectivity index (χ2v) is 5.22. The Kier molecular flexibility index (Phi) is 5.36. The first-order valence-electron chi connectivity index (χ1n) is 5.92. The number of aliphatic imine (C=N–C) groups is 1. The molecule has 1 unspecified atom stereocenters. The summed E-state index contributed by atoms with van der Waals surface area (Å²) < 4.78 is 1.05. The lowest BCUT2D eigenvalue weighted by molar-refractivity contribution is 0.871. The molecule has 0 aliphatic carbocycles. The number of nitrogens with zero attached hydrogens (tertiary/aromatic N) is 2. The predicted octanol–water partition coefficient (Wildman–Crippen LogP) is 4.39. The average molecular weight is 333 g/mol. The molecule has 19 heavy (non-hydrogen) atoms. The Labute approximate surface area is 126 Å². The van der Waals surface area contributed by atoms with E-state index in [1.54, 1.807) is 17.8 Å². The van der Waals surface area contributed by atoms with Crippen molar-refractivity contribution in [1.29, 1.82) is 0 Å². The number of aromatic nitrogens is 1. The highest BCUT2D eigenvalue weighted by Gasteiger charge is 2.11. The lowest BCUT2D eigenvalue weighted by Gasteiger charge is -2.13. The van der Waals surface area contributed by atoms with Crippen molar-refractivity contribution in [3.8, 4) is 0 Å². The van der Waals surface area contributed by atoms with E-state index in [4.69, 9.17) is 12.2 Å². The third-order valence-corrected chi connectivity index (χ3v) is 3.33. The number of pyridine rings is 1. The summed E-state index contributed by atoms with van der Waals surface area (Å²) >= 11 is 8.32. The van der Waals surface area contributed by atoms with Gasteiger partial charge < -0.3 is 0 Å². The van der Waals surface area contributed by atoms with E-state index < -0.39 is 0 Å². The first-order chi connectivity index (χ1) is 9.31. The van der Waals surface area contributed by atoms with Crippen LogP contribution < -0.4 is 0 Å². The maximum Gasteiger partial charge on any atom is 0.0997 e. The minimum atomic E-state index is -0.0181. The molecule has 1 atom stereocenters. The van der Waals surface area contributed by atoms with Crippen LogP contribution in [0.4, 0.5) is 0 Å². The van der Waals surface area contributed by atoms with Gasteiger partial charge in [-0.15, -0.1) is 0 Å². The monoisotopic (exact) mass is 332 g/mol. The van der Waals surface area contributed by atoms with Gasteiger partial charge in [0.2, 0.25) is 0 Å². The van der Waals surface area contributed by atoms with Gasteiger partial charge in [-0.2, -0.15) is 0 Å². The fraction of sp³-hybridized carbons (Fsp3) is 0.133. The molecule has 4 heteroatoms. The van der Waals surface area contributed by atoms with E-state index in [9.17, 15) is 0 Å². The van der Waals surface area contributed by atoms with E-state index >= 15 is 0 Å². The van der Waals surface area contributed by atoms with Crippen LogP contribution in [0, 0.1) is 0 Å². The molecular formula is C15H13BrN2S. The molecule has 1 heterocycles. The molecule has 0 bridgehead atoms. The smallest absolute Gasteiger partial charge is 0.0997 e. The van der Waals surface area contributed by atoms with Gasteiger partial charge in [-0.25, -0.2) is 0 Å². The minimum absolute atomic E-state index is 0.0181. The Morgan fingerprint density at radius 2 is 2.00 bits per heavy atom. The van der Waals surface area contributed by atoms with E-state index in [2.05, 4.69) is 38.0 Å². The summed E-state index contributed by atoms with van der Waals surface area (Å²) in [5, 5.41) is 1.67. The van der Waals surface area contributed by atoms with Crippen molar-refractivity contribution in [3.05, 3.63) is 64.4 Å². The normalized spacial score (nSPS) is 12.5. The second-order valence-electron chi connectivity index (χ2n) is 3.97. The topological polar surface area (TPSA) is 25.2 Å². The van der Waals surface area contributed by atoms with Crippen LogP contribution in [0.3, 0.4) is 0 Å². The van der Waals surface area contributed by atoms with Crippen LogP contribution in [0.5, 0.6) is 0 Å². The van der Waals surface area contributed by atoms with Crippen molar-refractivity contribution < 1.29 is 0 Å². The van der Waals surface area contributed by atoms with Crippen molar-refractivity contribution >= 4 is 39.7 Å². The zero-order chi connectivity index (χ0) is 13.5. The third kappa shape index (κ3) is 4.04. The van der Waals surface area contributed by atoms with Crippen LogP contribution in [-0.2, 0) is 0 Å². The van der Waals surface area contributed by atoms with Gasteiger partial charge in [-0.3, -0.25) is 9.98 Å². The van der Waals surface area contributed by atoms with Crippen LogP contribution in [0.2, 0.25) is 0 Å². The van der Waals surface area contributed by atoms with Crippen molar-refractivity contribution in [1.82, 2.24) is 4.98 Å². The Hall–Kier alpha value is -1.39. The number of hydrogen-bond acceptors (Lipinski definition) is 3. The van der Waals surface area contributed by atoms with Gasteiger partial charge in [-0.05, 0) is 40.8 Å². The highest BCUT2D eigenvalue weighted by molar-refractivity contribution is 9.10. The summed E-state index contributed by atoms with van der Waals surface area (Å²) in [5.41, 5.74) is 2.26.